The predicted molar refractivity (Wildman–Crippen MR) is 123 cm³/mol. The van der Waals surface area contributed by atoms with Crippen LogP contribution in [0.4, 0.5) is 0 Å². The van der Waals surface area contributed by atoms with Crippen molar-refractivity contribution in [3.05, 3.63) is 0 Å². The quantitative estimate of drug-likeness (QED) is 0.283. The highest BCUT2D eigenvalue weighted by Crippen LogP contribution is 2.66. The summed E-state index contributed by atoms with van der Waals surface area (Å²) in [7, 11) is -2.02. The first kappa shape index (κ1) is 23.8. The molecule has 8 heteroatoms. The molecule has 2 aliphatic rings. The number of hydrazine groups is 1. The molecule has 0 aromatic carbocycles. The third-order valence-corrected chi connectivity index (χ3v) is 10.6. The summed E-state index contributed by atoms with van der Waals surface area (Å²) >= 11 is 5.68. The molecule has 2 rings (SSSR count). The van der Waals surface area contributed by atoms with Crippen molar-refractivity contribution in [2.24, 2.45) is 4.74 Å². The van der Waals surface area contributed by atoms with Crippen LogP contribution in [0.1, 0.15) is 78.6 Å². The fourth-order valence-corrected chi connectivity index (χ4v) is 9.38. The van der Waals surface area contributed by atoms with Gasteiger partial charge in [-0.05, 0) is 37.9 Å². The topological polar surface area (TPSA) is 66.7 Å². The first-order chi connectivity index (χ1) is 13.4. The molecule has 0 saturated carbocycles. The van der Waals surface area contributed by atoms with Crippen LogP contribution in [0.2, 0.25) is 0 Å². The smallest absolute Gasteiger partial charge is 0.208 e. The molecule has 2 aliphatic heterocycles. The van der Waals surface area contributed by atoms with Crippen molar-refractivity contribution in [1.29, 1.82) is 5.26 Å². The van der Waals surface area contributed by atoms with E-state index in [-0.39, 0.29) is 5.16 Å². The van der Waals surface area contributed by atoms with Gasteiger partial charge < -0.3 is 0 Å². The van der Waals surface area contributed by atoms with E-state index in [9.17, 15) is 0 Å². The van der Waals surface area contributed by atoms with E-state index in [0.717, 1.165) is 26.2 Å². The summed E-state index contributed by atoms with van der Waals surface area (Å²) < 4.78 is 10.8. The van der Waals surface area contributed by atoms with E-state index < -0.39 is 7.36 Å². The Balaban J connectivity index is 2.41. The zero-order valence-electron chi connectivity index (χ0n) is 18.0. The summed E-state index contributed by atoms with van der Waals surface area (Å²) in [5, 5.41) is 9.30. The first-order valence-electron chi connectivity index (χ1n) is 10.9. The van der Waals surface area contributed by atoms with Crippen LogP contribution in [-0.2, 0) is 0 Å². The van der Waals surface area contributed by atoms with E-state index in [1.807, 2.05) is 0 Å². The predicted octanol–water partition coefficient (Wildman–Crippen LogP) is 4.86. The van der Waals surface area contributed by atoms with Crippen LogP contribution in [-0.4, -0.2) is 52.3 Å². The third kappa shape index (κ3) is 6.24. The van der Waals surface area contributed by atoms with Crippen molar-refractivity contribution < 1.29 is 0 Å². The van der Waals surface area contributed by atoms with Crippen molar-refractivity contribution in [3.63, 3.8) is 0 Å². The summed E-state index contributed by atoms with van der Waals surface area (Å²) in [4.78, 5) is 0. The van der Waals surface area contributed by atoms with Crippen LogP contribution >= 0.6 is 19.6 Å². The highest BCUT2D eigenvalue weighted by molar-refractivity contribution is 7.81. The van der Waals surface area contributed by atoms with Gasteiger partial charge in [-0.25, -0.2) is 10.2 Å². The number of hydrogen-bond donors (Lipinski definition) is 2. The summed E-state index contributed by atoms with van der Waals surface area (Å²) in [6.45, 7) is 12.1. The highest BCUT2D eigenvalue weighted by atomic mass is 32.1. The molecule has 0 amide bonds. The molecule has 0 bridgehead atoms. The van der Waals surface area contributed by atoms with E-state index in [4.69, 9.17) is 22.2 Å². The zero-order valence-corrected chi connectivity index (χ0v) is 19.8. The Labute approximate surface area is 177 Å². The number of rotatable bonds is 5. The minimum Gasteiger partial charge on any atom is -0.296 e. The number of thiocarbonyl (C=S) groups is 1. The highest BCUT2D eigenvalue weighted by Gasteiger charge is 2.44. The largest absolute Gasteiger partial charge is 0.296 e. The summed E-state index contributed by atoms with van der Waals surface area (Å²) in [6, 6.07) is 2.15. The van der Waals surface area contributed by atoms with Gasteiger partial charge in [0.05, 0.1) is 6.07 Å². The van der Waals surface area contributed by atoms with Crippen LogP contribution in [0, 0.1) is 11.3 Å². The van der Waals surface area contributed by atoms with Gasteiger partial charge in [0.15, 0.2) is 0 Å². The Morgan fingerprint density at radius 1 is 0.964 bits per heavy atom. The van der Waals surface area contributed by atoms with Gasteiger partial charge in [-0.15, -0.1) is 0 Å². The molecule has 2 heterocycles. The van der Waals surface area contributed by atoms with Gasteiger partial charge in [0, 0.05) is 44.3 Å². The second-order valence-electron chi connectivity index (χ2n) is 8.84. The Kier molecular flexibility index (Phi) is 9.86. The first-order valence-corrected chi connectivity index (χ1v) is 13.0. The van der Waals surface area contributed by atoms with Crippen molar-refractivity contribution in [2.45, 2.75) is 83.7 Å². The van der Waals surface area contributed by atoms with Crippen LogP contribution in [0.25, 0.3) is 0 Å². The lowest BCUT2D eigenvalue weighted by molar-refractivity contribution is 0.368. The maximum absolute atomic E-state index is 8.74. The number of nitrogens with zero attached hydrogens (tertiary/aromatic N) is 4. The van der Waals surface area contributed by atoms with E-state index in [2.05, 4.69) is 47.0 Å². The van der Waals surface area contributed by atoms with Gasteiger partial charge >= 0.3 is 0 Å². The zero-order chi connectivity index (χ0) is 20.5. The lowest BCUT2D eigenvalue weighted by atomic mass is 10.2. The molecular weight excluding hydrogens is 387 g/mol. The molecule has 0 aromatic rings. The Morgan fingerprint density at radius 2 is 1.43 bits per heavy atom. The van der Waals surface area contributed by atoms with Gasteiger partial charge in [0.25, 0.3) is 0 Å². The molecule has 2 N–H and O–H groups in total. The monoisotopic (exact) mass is 426 g/mol. The molecule has 0 unspecified atom stereocenters. The molecule has 2 saturated heterocycles. The van der Waals surface area contributed by atoms with Gasteiger partial charge in [-0.3, -0.25) is 14.8 Å². The molecular formula is C20H39N6PS. The fourth-order valence-electron chi connectivity index (χ4n) is 4.38. The van der Waals surface area contributed by atoms with E-state index >= 15 is 0 Å². The molecule has 28 heavy (non-hydrogen) atoms. The normalized spacial score (nSPS) is 20.6. The number of hydrogen-bond acceptors (Lipinski definition) is 3. The van der Waals surface area contributed by atoms with Crippen molar-refractivity contribution in [3.8, 4) is 6.07 Å². The number of nitriles is 1. The Morgan fingerprint density at radius 3 is 1.82 bits per heavy atom. The van der Waals surface area contributed by atoms with Crippen LogP contribution in [0.5, 0.6) is 0 Å². The van der Waals surface area contributed by atoms with E-state index in [1.165, 1.54) is 51.4 Å². The summed E-state index contributed by atoms with van der Waals surface area (Å²) in [5.74, 6) is 0. The van der Waals surface area contributed by atoms with Gasteiger partial charge in [-0.1, -0.05) is 46.5 Å². The van der Waals surface area contributed by atoms with Gasteiger partial charge in [0.1, 0.15) is 7.36 Å². The minimum absolute atomic E-state index is 0.0279. The molecule has 0 aromatic heterocycles. The maximum Gasteiger partial charge on any atom is 0.208 e. The maximum atomic E-state index is 8.74. The van der Waals surface area contributed by atoms with Crippen molar-refractivity contribution >= 4 is 24.7 Å². The van der Waals surface area contributed by atoms with Crippen LogP contribution in [0.3, 0.4) is 0 Å². The molecule has 2 fully saturated rings. The Hall–Kier alpha value is -0.510. The van der Waals surface area contributed by atoms with Crippen LogP contribution in [0.15, 0.2) is 4.74 Å². The van der Waals surface area contributed by atoms with Crippen molar-refractivity contribution in [2.75, 3.05) is 32.7 Å². The third-order valence-electron chi connectivity index (χ3n) is 5.64. The van der Waals surface area contributed by atoms with Crippen LogP contribution < -0.4 is 10.9 Å². The van der Waals surface area contributed by atoms with E-state index in [0.29, 0.717) is 18.1 Å². The number of nitrogens with one attached hydrogen (secondary N) is 2. The average Bonchev–Trinajstić information content (AvgIpc) is 3.08. The molecule has 0 atom stereocenters. The molecule has 0 radical (unpaired) electrons. The molecule has 0 aliphatic carbocycles. The standard InChI is InChI=1S/C20H39N6PS/c1-20(2,3)27(25-15-8-4-5-9-16-25,26-17-10-6-7-11-18-26)24-19(28)23-22-14-12-13-21/h22H,4-12,14-18H2,1-3H3,(H,23,28). The average molecular weight is 427 g/mol. The molecule has 6 nitrogen and oxygen atoms in total. The Bertz CT molecular complexity index is 554. The SMILES string of the molecule is CC(C)(C)P(=NC(=S)NNCCC#N)(N1CCCCCC1)N1CCCCCC1. The second-order valence-corrected chi connectivity index (χ2v) is 13.0. The molecule has 0 spiro atoms. The van der Waals surface area contributed by atoms with Gasteiger partial charge in [-0.2, -0.15) is 5.26 Å². The lowest BCUT2D eigenvalue weighted by Crippen LogP contribution is -2.43. The van der Waals surface area contributed by atoms with Gasteiger partial charge in [0.2, 0.25) is 5.11 Å². The summed E-state index contributed by atoms with van der Waals surface area (Å²) in [5.41, 5.74) is 6.16. The summed E-state index contributed by atoms with van der Waals surface area (Å²) in [6.07, 6.45) is 10.7. The second kappa shape index (κ2) is 11.6. The lowest BCUT2D eigenvalue weighted by Gasteiger charge is -2.50. The van der Waals surface area contributed by atoms with Crippen molar-refractivity contribution in [1.82, 2.24) is 20.2 Å². The fraction of sp³-hybridized carbons (Fsp3) is 0.900. The minimum atomic E-state index is -2.02. The molecule has 160 valence electrons. The van der Waals surface area contributed by atoms with E-state index in [1.54, 1.807) is 0 Å².